The average Bonchev–Trinajstić information content (AvgIpc) is 3.07. The maximum Gasteiger partial charge on any atom is 0.270 e. The molecule has 3 aromatic rings. The normalized spacial score (nSPS) is 11.2. The van der Waals surface area contributed by atoms with E-state index in [9.17, 15) is 4.79 Å². The number of fused-ring (bicyclic) bond motifs is 1. The molecule has 0 saturated heterocycles. The van der Waals surface area contributed by atoms with Crippen molar-refractivity contribution in [2.45, 2.75) is 24.0 Å². The van der Waals surface area contributed by atoms with Crippen LogP contribution in [0.3, 0.4) is 0 Å². The van der Waals surface area contributed by atoms with Gasteiger partial charge in [0.25, 0.3) is 11.9 Å². The minimum Gasteiger partial charge on any atom is -0.287 e. The van der Waals surface area contributed by atoms with Gasteiger partial charge in [0.15, 0.2) is 0 Å². The van der Waals surface area contributed by atoms with Crippen molar-refractivity contribution in [2.75, 3.05) is 5.32 Å². The Bertz CT molecular complexity index is 766. The van der Waals surface area contributed by atoms with Gasteiger partial charge in [-0.3, -0.25) is 10.1 Å². The number of nitrogens with one attached hydrogen (secondary N) is 2. The summed E-state index contributed by atoms with van der Waals surface area (Å²) < 4.78 is 1.10. The molecule has 21 heavy (non-hydrogen) atoms. The molecule has 0 radical (unpaired) electrons. The number of carbonyl (C=O) groups excluding carboxylic acids is 1. The quantitative estimate of drug-likeness (QED) is 0.722. The summed E-state index contributed by atoms with van der Waals surface area (Å²) in [6.45, 7) is 4.22. The number of nitrogens with zero attached hydrogens (tertiary/aromatic N) is 3. The van der Waals surface area contributed by atoms with E-state index < -0.39 is 0 Å². The topological polar surface area (TPSA) is 83.6 Å². The molecule has 0 bridgehead atoms. The number of tetrazole rings is 1. The fraction of sp³-hybridized carbons (Fsp3) is 0.231. The number of anilines is 1. The van der Waals surface area contributed by atoms with Crippen LogP contribution in [0.5, 0.6) is 0 Å². The number of benzene rings is 1. The van der Waals surface area contributed by atoms with E-state index in [1.807, 2.05) is 24.3 Å². The minimum absolute atomic E-state index is 0.179. The molecule has 2 heterocycles. The summed E-state index contributed by atoms with van der Waals surface area (Å²) in [6.07, 6.45) is 0. The zero-order valence-electron chi connectivity index (χ0n) is 11.5. The standard InChI is InChI=1S/C13H13N5OS2/c1-7(2)20-10-8-5-3-4-6-9(8)21-11(10)12(19)14-13-15-17-18-16-13/h3-7H,1-2H3,(H2,14,15,16,17,18,19). The van der Waals surface area contributed by atoms with Gasteiger partial charge in [-0.2, -0.15) is 5.21 Å². The van der Waals surface area contributed by atoms with Crippen molar-refractivity contribution < 1.29 is 4.79 Å². The number of rotatable bonds is 4. The van der Waals surface area contributed by atoms with Crippen LogP contribution in [0.2, 0.25) is 0 Å². The first kappa shape index (κ1) is 14.0. The van der Waals surface area contributed by atoms with E-state index in [2.05, 4.69) is 39.8 Å². The molecule has 108 valence electrons. The van der Waals surface area contributed by atoms with Crippen LogP contribution in [-0.4, -0.2) is 31.8 Å². The first-order chi connectivity index (χ1) is 10.1. The number of thioether (sulfide) groups is 1. The third-order valence-electron chi connectivity index (χ3n) is 2.68. The Kier molecular flexibility index (Phi) is 3.89. The summed E-state index contributed by atoms with van der Waals surface area (Å²) in [6, 6.07) is 8.03. The van der Waals surface area contributed by atoms with Gasteiger partial charge in [0, 0.05) is 20.2 Å². The van der Waals surface area contributed by atoms with E-state index in [1.54, 1.807) is 11.8 Å². The highest BCUT2D eigenvalue weighted by Gasteiger charge is 2.20. The number of amides is 1. The first-order valence-corrected chi connectivity index (χ1v) is 8.07. The van der Waals surface area contributed by atoms with Gasteiger partial charge in [-0.15, -0.1) is 28.2 Å². The Labute approximate surface area is 129 Å². The van der Waals surface area contributed by atoms with Gasteiger partial charge in [-0.1, -0.05) is 37.1 Å². The lowest BCUT2D eigenvalue weighted by Gasteiger charge is -2.06. The summed E-state index contributed by atoms with van der Waals surface area (Å²) in [5, 5.41) is 17.4. The van der Waals surface area contributed by atoms with Gasteiger partial charge in [0.1, 0.15) is 4.88 Å². The summed E-state index contributed by atoms with van der Waals surface area (Å²) in [5.41, 5.74) is 0. The highest BCUT2D eigenvalue weighted by molar-refractivity contribution is 8.00. The van der Waals surface area contributed by atoms with Crippen molar-refractivity contribution in [3.8, 4) is 0 Å². The fourth-order valence-electron chi connectivity index (χ4n) is 1.90. The Hall–Kier alpha value is -1.93. The second-order valence-electron chi connectivity index (χ2n) is 4.61. The Morgan fingerprint density at radius 2 is 2.19 bits per heavy atom. The fourth-order valence-corrected chi connectivity index (χ4v) is 4.20. The molecule has 0 spiro atoms. The van der Waals surface area contributed by atoms with Crippen LogP contribution in [0.1, 0.15) is 23.5 Å². The Balaban J connectivity index is 2.01. The van der Waals surface area contributed by atoms with Crippen molar-refractivity contribution in [1.82, 2.24) is 20.6 Å². The molecule has 0 aliphatic heterocycles. The van der Waals surface area contributed by atoms with Crippen LogP contribution in [-0.2, 0) is 0 Å². The molecule has 0 fully saturated rings. The molecular formula is C13H13N5OS2. The van der Waals surface area contributed by atoms with Crippen molar-refractivity contribution in [3.05, 3.63) is 29.1 Å². The zero-order chi connectivity index (χ0) is 14.8. The number of hydrogen-bond acceptors (Lipinski definition) is 6. The van der Waals surface area contributed by atoms with Crippen molar-refractivity contribution in [1.29, 1.82) is 0 Å². The molecule has 2 N–H and O–H groups in total. The number of thiophene rings is 1. The summed E-state index contributed by atoms with van der Waals surface area (Å²) in [5.74, 6) is -0.0290. The lowest BCUT2D eigenvalue weighted by molar-refractivity contribution is 0.102. The highest BCUT2D eigenvalue weighted by atomic mass is 32.2. The van der Waals surface area contributed by atoms with E-state index >= 15 is 0 Å². The monoisotopic (exact) mass is 319 g/mol. The highest BCUT2D eigenvalue weighted by Crippen LogP contribution is 2.40. The molecular weight excluding hydrogens is 306 g/mol. The predicted octanol–water partition coefficient (Wildman–Crippen LogP) is 3.17. The van der Waals surface area contributed by atoms with E-state index in [0.29, 0.717) is 10.1 Å². The van der Waals surface area contributed by atoms with Crippen LogP contribution < -0.4 is 5.32 Å². The molecule has 1 amide bonds. The van der Waals surface area contributed by atoms with Gasteiger partial charge in [-0.25, -0.2) is 0 Å². The minimum atomic E-state index is -0.208. The first-order valence-electron chi connectivity index (χ1n) is 6.38. The number of H-pyrrole nitrogens is 1. The van der Waals surface area contributed by atoms with E-state index in [4.69, 9.17) is 0 Å². The molecule has 2 aromatic heterocycles. The zero-order valence-corrected chi connectivity index (χ0v) is 13.1. The molecule has 0 unspecified atom stereocenters. The molecule has 0 atom stereocenters. The third-order valence-corrected chi connectivity index (χ3v) is 5.11. The molecule has 1 aromatic carbocycles. The van der Waals surface area contributed by atoms with E-state index in [-0.39, 0.29) is 11.9 Å². The van der Waals surface area contributed by atoms with Crippen molar-refractivity contribution >= 4 is 45.0 Å². The van der Waals surface area contributed by atoms with Crippen LogP contribution in [0.25, 0.3) is 10.1 Å². The molecule has 0 aliphatic rings. The van der Waals surface area contributed by atoms with Crippen LogP contribution >= 0.6 is 23.1 Å². The van der Waals surface area contributed by atoms with E-state index in [0.717, 1.165) is 15.0 Å². The van der Waals surface area contributed by atoms with Crippen LogP contribution in [0.15, 0.2) is 29.2 Å². The second-order valence-corrected chi connectivity index (χ2v) is 7.25. The van der Waals surface area contributed by atoms with Gasteiger partial charge < -0.3 is 0 Å². The predicted molar refractivity (Wildman–Crippen MR) is 84.9 cm³/mol. The average molecular weight is 319 g/mol. The van der Waals surface area contributed by atoms with Gasteiger partial charge in [-0.05, 0) is 11.3 Å². The summed E-state index contributed by atoms with van der Waals surface area (Å²) in [4.78, 5) is 14.1. The third kappa shape index (κ3) is 2.91. The number of carbonyl (C=O) groups is 1. The lowest BCUT2D eigenvalue weighted by Crippen LogP contribution is -2.12. The van der Waals surface area contributed by atoms with Crippen molar-refractivity contribution in [2.24, 2.45) is 0 Å². The lowest BCUT2D eigenvalue weighted by atomic mass is 10.2. The summed E-state index contributed by atoms with van der Waals surface area (Å²) >= 11 is 3.16. The number of aromatic amines is 1. The molecule has 8 heteroatoms. The Morgan fingerprint density at radius 1 is 1.38 bits per heavy atom. The van der Waals surface area contributed by atoms with Crippen LogP contribution in [0.4, 0.5) is 5.95 Å². The van der Waals surface area contributed by atoms with Crippen molar-refractivity contribution in [3.63, 3.8) is 0 Å². The number of hydrogen-bond donors (Lipinski definition) is 2. The largest absolute Gasteiger partial charge is 0.287 e. The van der Waals surface area contributed by atoms with Gasteiger partial charge in [0.2, 0.25) is 0 Å². The SMILES string of the molecule is CC(C)Sc1c(C(=O)Nc2nn[nH]n2)sc2ccccc12. The molecule has 0 aliphatic carbocycles. The van der Waals surface area contributed by atoms with Crippen LogP contribution in [0, 0.1) is 0 Å². The molecule has 6 nitrogen and oxygen atoms in total. The Morgan fingerprint density at radius 3 is 2.90 bits per heavy atom. The second kappa shape index (κ2) is 5.82. The van der Waals surface area contributed by atoms with Gasteiger partial charge >= 0.3 is 0 Å². The van der Waals surface area contributed by atoms with Gasteiger partial charge in [0.05, 0.1) is 0 Å². The maximum atomic E-state index is 12.4. The van der Waals surface area contributed by atoms with E-state index in [1.165, 1.54) is 11.3 Å². The number of aromatic nitrogens is 4. The maximum absolute atomic E-state index is 12.4. The smallest absolute Gasteiger partial charge is 0.270 e. The molecule has 3 rings (SSSR count). The molecule has 0 saturated carbocycles. The summed E-state index contributed by atoms with van der Waals surface area (Å²) in [7, 11) is 0.